The second-order valence-electron chi connectivity index (χ2n) is 6.22. The molecule has 19 heavy (non-hydrogen) atoms. The van der Waals surface area contributed by atoms with Crippen LogP contribution < -0.4 is 5.73 Å². The van der Waals surface area contributed by atoms with E-state index < -0.39 is 0 Å². The third kappa shape index (κ3) is 2.52. The molecule has 3 nitrogen and oxygen atoms in total. The first-order valence-corrected chi connectivity index (χ1v) is 7.24. The second-order valence-corrected chi connectivity index (χ2v) is 6.22. The fraction of sp³-hybridized carbons (Fsp3) is 0.562. The van der Waals surface area contributed by atoms with Crippen molar-refractivity contribution in [1.29, 1.82) is 0 Å². The number of hydrogen-bond acceptors (Lipinski definition) is 2. The summed E-state index contributed by atoms with van der Waals surface area (Å²) in [5.41, 5.74) is 8.00. The molecule has 102 valence electrons. The van der Waals surface area contributed by atoms with E-state index in [1.54, 1.807) is 0 Å². The van der Waals surface area contributed by atoms with Gasteiger partial charge < -0.3 is 10.6 Å². The Morgan fingerprint density at radius 3 is 2.42 bits per heavy atom. The van der Waals surface area contributed by atoms with Crippen molar-refractivity contribution >= 4 is 5.91 Å². The molecule has 0 aromatic heterocycles. The van der Waals surface area contributed by atoms with Gasteiger partial charge in [0.2, 0.25) is 0 Å². The third-order valence-electron chi connectivity index (χ3n) is 4.56. The van der Waals surface area contributed by atoms with Gasteiger partial charge in [-0.15, -0.1) is 0 Å². The molecule has 1 aliphatic carbocycles. The minimum absolute atomic E-state index is 0.197. The summed E-state index contributed by atoms with van der Waals surface area (Å²) >= 11 is 0. The van der Waals surface area contributed by atoms with E-state index in [-0.39, 0.29) is 5.91 Å². The van der Waals surface area contributed by atoms with Crippen LogP contribution >= 0.6 is 0 Å². The smallest absolute Gasteiger partial charge is 0.254 e. The predicted octanol–water partition coefficient (Wildman–Crippen LogP) is 2.19. The summed E-state index contributed by atoms with van der Waals surface area (Å²) in [4.78, 5) is 14.7. The fourth-order valence-corrected chi connectivity index (χ4v) is 3.76. The maximum atomic E-state index is 12.6. The monoisotopic (exact) mass is 258 g/mol. The molecule has 1 saturated heterocycles. The molecule has 1 heterocycles. The zero-order valence-electron chi connectivity index (χ0n) is 11.5. The molecule has 2 aliphatic rings. The van der Waals surface area contributed by atoms with Crippen molar-refractivity contribution in [1.82, 2.24) is 4.90 Å². The number of carbonyl (C=O) groups excluding carboxylic acids is 1. The number of aryl methyl sites for hydroxylation is 1. The number of nitrogens with two attached hydrogens (primary N) is 1. The number of piperidine rings is 1. The number of fused-ring (bicyclic) bond motifs is 2. The molecule has 3 rings (SSSR count). The van der Waals surface area contributed by atoms with Gasteiger partial charge in [0.05, 0.1) is 0 Å². The van der Waals surface area contributed by atoms with E-state index in [1.165, 1.54) is 6.42 Å². The summed E-state index contributed by atoms with van der Waals surface area (Å²) in [5.74, 6) is 1.41. The highest BCUT2D eigenvalue weighted by molar-refractivity contribution is 5.95. The Balaban J connectivity index is 1.77. The molecule has 1 saturated carbocycles. The van der Waals surface area contributed by atoms with E-state index >= 15 is 0 Å². The van der Waals surface area contributed by atoms with E-state index in [0.717, 1.165) is 37.1 Å². The first kappa shape index (κ1) is 12.7. The van der Waals surface area contributed by atoms with Gasteiger partial charge in [-0.1, -0.05) is 18.2 Å². The van der Waals surface area contributed by atoms with Crippen LogP contribution in [0.4, 0.5) is 0 Å². The van der Waals surface area contributed by atoms with E-state index in [4.69, 9.17) is 5.73 Å². The molecule has 1 aromatic rings. The van der Waals surface area contributed by atoms with Crippen LogP contribution in [0.3, 0.4) is 0 Å². The first-order valence-electron chi connectivity index (χ1n) is 7.24. The van der Waals surface area contributed by atoms with Crippen molar-refractivity contribution in [2.45, 2.75) is 32.2 Å². The summed E-state index contributed by atoms with van der Waals surface area (Å²) in [6.45, 7) is 3.78. The van der Waals surface area contributed by atoms with E-state index in [2.05, 4.69) is 0 Å². The minimum atomic E-state index is 0.197. The van der Waals surface area contributed by atoms with Crippen LogP contribution in [0, 0.1) is 18.8 Å². The second kappa shape index (κ2) is 4.97. The minimum Gasteiger partial charge on any atom is -0.338 e. The van der Waals surface area contributed by atoms with Gasteiger partial charge in [-0.2, -0.15) is 0 Å². The van der Waals surface area contributed by atoms with E-state index in [1.807, 2.05) is 36.1 Å². The molecule has 1 aromatic carbocycles. The molecule has 3 heteroatoms. The predicted molar refractivity (Wildman–Crippen MR) is 75.9 cm³/mol. The quantitative estimate of drug-likeness (QED) is 0.839. The van der Waals surface area contributed by atoms with Crippen LogP contribution in [-0.4, -0.2) is 29.9 Å². The van der Waals surface area contributed by atoms with Gasteiger partial charge in [-0.25, -0.2) is 0 Å². The highest BCUT2D eigenvalue weighted by Gasteiger charge is 2.35. The van der Waals surface area contributed by atoms with E-state index in [9.17, 15) is 4.79 Å². The zero-order chi connectivity index (χ0) is 13.4. The normalized spacial score (nSPS) is 30.2. The number of likely N-dealkylation sites (tertiary alicyclic amines) is 1. The van der Waals surface area contributed by atoms with Crippen molar-refractivity contribution in [3.05, 3.63) is 35.4 Å². The molecule has 0 radical (unpaired) electrons. The Kier molecular flexibility index (Phi) is 3.31. The summed E-state index contributed by atoms with van der Waals surface area (Å²) in [7, 11) is 0. The molecule has 1 amide bonds. The SMILES string of the molecule is Cc1ccccc1C(=O)N1CC2CC(N)CC(C2)C1. The Hall–Kier alpha value is -1.35. The molecular formula is C16H22N2O. The van der Waals surface area contributed by atoms with Crippen molar-refractivity contribution in [2.75, 3.05) is 13.1 Å². The van der Waals surface area contributed by atoms with Gasteiger partial charge in [-0.3, -0.25) is 4.79 Å². The molecule has 2 unspecified atom stereocenters. The molecule has 2 fully saturated rings. The molecule has 2 N–H and O–H groups in total. The van der Waals surface area contributed by atoms with Gasteiger partial charge in [0.1, 0.15) is 0 Å². The lowest BCUT2D eigenvalue weighted by atomic mass is 9.75. The number of nitrogens with zero attached hydrogens (tertiary/aromatic N) is 1. The molecule has 2 bridgehead atoms. The Morgan fingerprint density at radius 1 is 1.16 bits per heavy atom. The number of hydrogen-bond donors (Lipinski definition) is 1. The van der Waals surface area contributed by atoms with E-state index in [0.29, 0.717) is 17.9 Å². The Morgan fingerprint density at radius 2 is 1.79 bits per heavy atom. The number of rotatable bonds is 1. The van der Waals surface area contributed by atoms with Crippen LogP contribution in [0.2, 0.25) is 0 Å². The van der Waals surface area contributed by atoms with Crippen LogP contribution in [0.1, 0.15) is 35.2 Å². The average Bonchev–Trinajstić information content (AvgIpc) is 2.37. The van der Waals surface area contributed by atoms with Gasteiger partial charge in [-0.05, 0) is 49.7 Å². The Labute approximate surface area is 114 Å². The molecular weight excluding hydrogens is 236 g/mol. The fourth-order valence-electron chi connectivity index (χ4n) is 3.76. The molecule has 1 aliphatic heterocycles. The van der Waals surface area contributed by atoms with Crippen molar-refractivity contribution in [3.8, 4) is 0 Å². The summed E-state index contributed by atoms with van der Waals surface area (Å²) in [6, 6.07) is 8.22. The highest BCUT2D eigenvalue weighted by atomic mass is 16.2. The van der Waals surface area contributed by atoms with Gasteiger partial charge in [0.25, 0.3) is 5.91 Å². The standard InChI is InChI=1S/C16H22N2O/c1-11-4-2-3-5-15(11)16(19)18-9-12-6-13(10-18)8-14(17)7-12/h2-5,12-14H,6-10,17H2,1H3. The first-order chi connectivity index (χ1) is 9.13. The number of carbonyl (C=O) groups is 1. The number of benzene rings is 1. The van der Waals surface area contributed by atoms with Gasteiger partial charge >= 0.3 is 0 Å². The van der Waals surface area contributed by atoms with Crippen molar-refractivity contribution in [3.63, 3.8) is 0 Å². The van der Waals surface area contributed by atoms with Crippen molar-refractivity contribution in [2.24, 2.45) is 17.6 Å². The van der Waals surface area contributed by atoms with Crippen LogP contribution in [0.5, 0.6) is 0 Å². The summed E-state index contributed by atoms with van der Waals surface area (Å²) in [5, 5.41) is 0. The lowest BCUT2D eigenvalue weighted by molar-refractivity contribution is 0.0475. The van der Waals surface area contributed by atoms with Crippen LogP contribution in [-0.2, 0) is 0 Å². The lowest BCUT2D eigenvalue weighted by Crippen LogP contribution is -2.49. The summed E-state index contributed by atoms with van der Waals surface area (Å²) < 4.78 is 0. The Bertz CT molecular complexity index is 467. The van der Waals surface area contributed by atoms with Gasteiger partial charge in [0, 0.05) is 24.7 Å². The largest absolute Gasteiger partial charge is 0.338 e. The zero-order valence-corrected chi connectivity index (χ0v) is 11.5. The van der Waals surface area contributed by atoms with Gasteiger partial charge in [0.15, 0.2) is 0 Å². The van der Waals surface area contributed by atoms with Crippen LogP contribution in [0.15, 0.2) is 24.3 Å². The summed E-state index contributed by atoms with van der Waals surface area (Å²) in [6.07, 6.45) is 3.41. The maximum absolute atomic E-state index is 12.6. The topological polar surface area (TPSA) is 46.3 Å². The van der Waals surface area contributed by atoms with Crippen molar-refractivity contribution < 1.29 is 4.79 Å². The highest BCUT2D eigenvalue weighted by Crippen LogP contribution is 2.34. The number of amides is 1. The average molecular weight is 258 g/mol. The molecule has 2 atom stereocenters. The molecule has 0 spiro atoms. The maximum Gasteiger partial charge on any atom is 0.254 e. The third-order valence-corrected chi connectivity index (χ3v) is 4.56. The lowest BCUT2D eigenvalue weighted by Gasteiger charge is -2.43. The van der Waals surface area contributed by atoms with Crippen LogP contribution in [0.25, 0.3) is 0 Å².